The van der Waals surface area contributed by atoms with Crippen LogP contribution in [-0.2, 0) is 24.3 Å². The number of hydrogen-bond acceptors (Lipinski definition) is 5. The Hall–Kier alpha value is -3.42. The van der Waals surface area contributed by atoms with Gasteiger partial charge in [-0.05, 0) is 60.7 Å². The fourth-order valence-electron chi connectivity index (χ4n) is 5.15. The lowest BCUT2D eigenvalue weighted by Crippen LogP contribution is -2.35. The quantitative estimate of drug-likeness (QED) is 0.175. The molecule has 0 N–H and O–H groups in total. The highest BCUT2D eigenvalue weighted by molar-refractivity contribution is 7.99. The maximum absolute atomic E-state index is 12.8. The molecule has 3 aromatic carbocycles. The van der Waals surface area contributed by atoms with Gasteiger partial charge in [-0.15, -0.1) is 10.2 Å². The van der Waals surface area contributed by atoms with E-state index in [0.29, 0.717) is 29.7 Å². The summed E-state index contributed by atoms with van der Waals surface area (Å²) in [5.74, 6) is 0.975. The SMILES string of the molecule is Cc1ccc2c(c1)c1nnc(SCCCC(=O)N3CCc4ccccc4C3)nc1n2Cc1cccc(Cl)c1. The summed E-state index contributed by atoms with van der Waals surface area (Å²) in [6, 6.07) is 22.7. The number of amides is 1. The zero-order valence-corrected chi connectivity index (χ0v) is 22.8. The van der Waals surface area contributed by atoms with Crippen LogP contribution in [0.25, 0.3) is 22.1 Å². The van der Waals surface area contributed by atoms with Crippen LogP contribution in [0.1, 0.15) is 35.1 Å². The molecule has 3 heterocycles. The van der Waals surface area contributed by atoms with Crippen LogP contribution in [0.4, 0.5) is 0 Å². The molecule has 5 aromatic rings. The minimum Gasteiger partial charge on any atom is -0.338 e. The molecule has 38 heavy (non-hydrogen) atoms. The number of aryl methyl sites for hydroxylation is 1. The lowest BCUT2D eigenvalue weighted by Gasteiger charge is -2.29. The number of carbonyl (C=O) groups excluding carboxylic acids is 1. The molecular weight excluding hydrogens is 514 g/mol. The first-order valence-corrected chi connectivity index (χ1v) is 14.3. The van der Waals surface area contributed by atoms with Crippen molar-refractivity contribution >= 4 is 51.3 Å². The lowest BCUT2D eigenvalue weighted by molar-refractivity contribution is -0.132. The molecule has 0 atom stereocenters. The Morgan fingerprint density at radius 1 is 1.03 bits per heavy atom. The first kappa shape index (κ1) is 24.9. The molecule has 0 bridgehead atoms. The van der Waals surface area contributed by atoms with Crippen molar-refractivity contribution in [1.82, 2.24) is 24.6 Å². The summed E-state index contributed by atoms with van der Waals surface area (Å²) in [6.07, 6.45) is 2.23. The molecular formula is C30H28ClN5OS. The second-order valence-corrected chi connectivity index (χ2v) is 11.3. The Morgan fingerprint density at radius 2 is 1.89 bits per heavy atom. The van der Waals surface area contributed by atoms with Gasteiger partial charge in [0.05, 0.1) is 5.52 Å². The number of rotatable bonds is 7. The van der Waals surface area contributed by atoms with Gasteiger partial charge in [0.1, 0.15) is 5.52 Å². The number of carbonyl (C=O) groups is 1. The molecule has 0 fully saturated rings. The third-order valence-corrected chi connectivity index (χ3v) is 8.24. The van der Waals surface area contributed by atoms with Gasteiger partial charge in [-0.2, -0.15) is 0 Å². The van der Waals surface area contributed by atoms with E-state index in [4.69, 9.17) is 16.6 Å². The summed E-state index contributed by atoms with van der Waals surface area (Å²) in [4.78, 5) is 19.7. The first-order chi connectivity index (χ1) is 18.5. The average Bonchev–Trinajstić information content (AvgIpc) is 3.22. The maximum Gasteiger partial charge on any atom is 0.222 e. The van der Waals surface area contributed by atoms with Gasteiger partial charge in [0.2, 0.25) is 11.1 Å². The maximum atomic E-state index is 12.8. The lowest BCUT2D eigenvalue weighted by atomic mass is 10.00. The van der Waals surface area contributed by atoms with E-state index in [2.05, 4.69) is 64.2 Å². The minimum absolute atomic E-state index is 0.214. The number of thioether (sulfide) groups is 1. The second kappa shape index (κ2) is 10.8. The molecule has 8 heteroatoms. The Morgan fingerprint density at radius 3 is 2.76 bits per heavy atom. The van der Waals surface area contributed by atoms with Crippen LogP contribution in [0, 0.1) is 6.92 Å². The fraction of sp³-hybridized carbons (Fsp3) is 0.267. The first-order valence-electron chi connectivity index (χ1n) is 12.9. The van der Waals surface area contributed by atoms with E-state index < -0.39 is 0 Å². The molecule has 1 aliphatic rings. The highest BCUT2D eigenvalue weighted by Crippen LogP contribution is 2.29. The molecule has 1 amide bonds. The topological polar surface area (TPSA) is 63.9 Å². The predicted octanol–water partition coefficient (Wildman–Crippen LogP) is 6.45. The van der Waals surface area contributed by atoms with Crippen LogP contribution in [0.15, 0.2) is 71.9 Å². The monoisotopic (exact) mass is 541 g/mol. The van der Waals surface area contributed by atoms with Gasteiger partial charge in [0.25, 0.3) is 0 Å². The van der Waals surface area contributed by atoms with E-state index in [0.717, 1.165) is 52.8 Å². The van der Waals surface area contributed by atoms with Gasteiger partial charge in [-0.1, -0.05) is 71.4 Å². The average molecular weight is 542 g/mol. The largest absolute Gasteiger partial charge is 0.338 e. The third kappa shape index (κ3) is 5.13. The number of halogens is 1. The summed E-state index contributed by atoms with van der Waals surface area (Å²) in [5.41, 5.74) is 7.57. The van der Waals surface area contributed by atoms with Crippen LogP contribution in [0.5, 0.6) is 0 Å². The summed E-state index contributed by atoms with van der Waals surface area (Å²) in [5, 5.41) is 11.4. The van der Waals surface area contributed by atoms with Gasteiger partial charge < -0.3 is 9.47 Å². The summed E-state index contributed by atoms with van der Waals surface area (Å²) in [7, 11) is 0. The van der Waals surface area contributed by atoms with E-state index in [1.165, 1.54) is 16.7 Å². The smallest absolute Gasteiger partial charge is 0.222 e. The zero-order valence-electron chi connectivity index (χ0n) is 21.2. The number of benzene rings is 3. The molecule has 0 unspecified atom stereocenters. The minimum atomic E-state index is 0.214. The van der Waals surface area contributed by atoms with E-state index in [1.54, 1.807) is 11.8 Å². The van der Waals surface area contributed by atoms with Crippen molar-refractivity contribution in [3.05, 3.63) is 94.0 Å². The third-order valence-electron chi connectivity index (χ3n) is 7.08. The predicted molar refractivity (Wildman–Crippen MR) is 154 cm³/mol. The van der Waals surface area contributed by atoms with Crippen LogP contribution in [0.2, 0.25) is 5.02 Å². The van der Waals surface area contributed by atoms with Crippen molar-refractivity contribution in [1.29, 1.82) is 0 Å². The van der Waals surface area contributed by atoms with E-state index in [1.807, 2.05) is 29.2 Å². The Labute approximate surface area is 231 Å². The molecule has 6 rings (SSSR count). The van der Waals surface area contributed by atoms with E-state index in [-0.39, 0.29) is 5.91 Å². The van der Waals surface area contributed by atoms with Gasteiger partial charge in [-0.25, -0.2) is 4.98 Å². The molecule has 6 nitrogen and oxygen atoms in total. The van der Waals surface area contributed by atoms with Crippen LogP contribution < -0.4 is 0 Å². The molecule has 0 radical (unpaired) electrons. The van der Waals surface area contributed by atoms with E-state index in [9.17, 15) is 4.79 Å². The van der Waals surface area contributed by atoms with Crippen molar-refractivity contribution in [3.8, 4) is 0 Å². The Bertz CT molecular complexity index is 1650. The Balaban J connectivity index is 1.16. The van der Waals surface area contributed by atoms with Gasteiger partial charge in [0.15, 0.2) is 5.65 Å². The van der Waals surface area contributed by atoms with Crippen molar-refractivity contribution in [3.63, 3.8) is 0 Å². The summed E-state index contributed by atoms with van der Waals surface area (Å²) in [6.45, 7) is 4.22. The van der Waals surface area contributed by atoms with Gasteiger partial charge in [0, 0.05) is 42.2 Å². The Kier molecular flexibility index (Phi) is 7.04. The molecule has 1 aliphatic heterocycles. The van der Waals surface area contributed by atoms with Gasteiger partial charge in [-0.3, -0.25) is 4.79 Å². The van der Waals surface area contributed by atoms with Crippen molar-refractivity contribution in [2.24, 2.45) is 0 Å². The standard InChI is InChI=1S/C30H28ClN5OS/c1-20-11-12-26-25(16-20)28-29(36(26)18-21-6-4-9-24(31)17-21)32-30(34-33-28)38-15-5-10-27(37)35-14-13-22-7-2-3-8-23(22)19-35/h2-4,6-9,11-12,16-17H,5,10,13-15,18-19H2,1H3. The van der Waals surface area contributed by atoms with Crippen LogP contribution in [-0.4, -0.2) is 42.9 Å². The zero-order chi connectivity index (χ0) is 26.1. The van der Waals surface area contributed by atoms with Crippen LogP contribution >= 0.6 is 23.4 Å². The highest BCUT2D eigenvalue weighted by Gasteiger charge is 2.20. The number of aromatic nitrogens is 4. The second-order valence-electron chi connectivity index (χ2n) is 9.79. The highest BCUT2D eigenvalue weighted by atomic mass is 35.5. The summed E-state index contributed by atoms with van der Waals surface area (Å²) < 4.78 is 2.19. The number of hydrogen-bond donors (Lipinski definition) is 0. The fourth-order valence-corrected chi connectivity index (χ4v) is 6.08. The summed E-state index contributed by atoms with van der Waals surface area (Å²) >= 11 is 7.81. The van der Waals surface area contributed by atoms with E-state index >= 15 is 0 Å². The molecule has 192 valence electrons. The normalized spacial score (nSPS) is 13.3. The van der Waals surface area contributed by atoms with Crippen molar-refractivity contribution in [2.75, 3.05) is 12.3 Å². The molecule has 0 aliphatic carbocycles. The van der Waals surface area contributed by atoms with Crippen molar-refractivity contribution in [2.45, 2.75) is 44.4 Å². The molecule has 0 saturated heterocycles. The number of fused-ring (bicyclic) bond motifs is 4. The molecule has 0 spiro atoms. The number of nitrogens with zero attached hydrogens (tertiary/aromatic N) is 5. The van der Waals surface area contributed by atoms with Crippen LogP contribution in [0.3, 0.4) is 0 Å². The molecule has 2 aromatic heterocycles. The van der Waals surface area contributed by atoms with Gasteiger partial charge >= 0.3 is 0 Å². The molecule has 0 saturated carbocycles. The van der Waals surface area contributed by atoms with Crippen molar-refractivity contribution < 1.29 is 4.79 Å².